The molecular formula is C29H30F5NOS. The molecule has 3 aromatic carbocycles. The smallest absolute Gasteiger partial charge is 0.200 e. The predicted octanol–water partition coefficient (Wildman–Crippen LogP) is 9.28. The Morgan fingerprint density at radius 1 is 0.811 bits per heavy atom. The molecular weight excluding hydrogens is 505 g/mol. The number of hydrogen-bond donors (Lipinski definition) is 0. The molecule has 0 aliphatic heterocycles. The molecule has 198 valence electrons. The highest BCUT2D eigenvalue weighted by atomic mass is 32.2. The SMILES string of the molecule is CCOc1c(/C=N/c2ccccc2Sc2c(F)c(F)c(F)c(F)c2F)cc(C(C)(C)C)cc1C(C)(C)C. The van der Waals surface area contributed by atoms with Crippen LogP contribution >= 0.6 is 11.8 Å². The van der Waals surface area contributed by atoms with Crippen LogP contribution in [0.3, 0.4) is 0 Å². The molecule has 0 heterocycles. The van der Waals surface area contributed by atoms with Crippen molar-refractivity contribution in [3.63, 3.8) is 0 Å². The standard InChI is InChI=1S/C29H30F5NOS/c1-8-36-26-16(13-17(28(2,3)4)14-18(26)29(5,6)7)15-35-19-11-9-10-12-20(19)37-27-24(33)22(31)21(30)23(32)25(27)34/h9-15H,8H2,1-7H3/b35-15+. The molecule has 8 heteroatoms. The van der Waals surface area contributed by atoms with Gasteiger partial charge in [0.2, 0.25) is 5.82 Å². The average Bonchev–Trinajstić information content (AvgIpc) is 2.82. The summed E-state index contributed by atoms with van der Waals surface area (Å²) in [6, 6.07) is 10.5. The van der Waals surface area contributed by atoms with Crippen LogP contribution < -0.4 is 4.74 Å². The molecule has 0 aliphatic carbocycles. The van der Waals surface area contributed by atoms with Crippen LogP contribution in [0.25, 0.3) is 0 Å². The average molecular weight is 536 g/mol. The van der Waals surface area contributed by atoms with Crippen LogP contribution in [-0.2, 0) is 10.8 Å². The van der Waals surface area contributed by atoms with Crippen LogP contribution in [0.5, 0.6) is 5.75 Å². The summed E-state index contributed by atoms with van der Waals surface area (Å²) in [6.45, 7) is 14.9. The van der Waals surface area contributed by atoms with Crippen molar-refractivity contribution in [3.05, 3.63) is 82.2 Å². The number of para-hydroxylation sites is 1. The first kappa shape index (κ1) is 28.7. The number of hydrogen-bond acceptors (Lipinski definition) is 3. The van der Waals surface area contributed by atoms with Gasteiger partial charge in [0.05, 0.1) is 17.2 Å². The molecule has 2 nitrogen and oxygen atoms in total. The van der Waals surface area contributed by atoms with Crippen molar-refractivity contribution in [2.45, 2.75) is 69.1 Å². The lowest BCUT2D eigenvalue weighted by molar-refractivity contribution is 0.329. The van der Waals surface area contributed by atoms with Gasteiger partial charge in [-0.1, -0.05) is 71.5 Å². The third-order valence-corrected chi connectivity index (χ3v) is 6.80. The van der Waals surface area contributed by atoms with Crippen LogP contribution in [0, 0.1) is 29.1 Å². The van der Waals surface area contributed by atoms with E-state index < -0.39 is 34.0 Å². The Hall–Kier alpha value is -2.87. The molecule has 37 heavy (non-hydrogen) atoms. The number of halogens is 5. The molecule has 0 aliphatic rings. The van der Waals surface area contributed by atoms with Crippen LogP contribution in [-0.4, -0.2) is 12.8 Å². The Bertz CT molecular complexity index is 1310. The zero-order valence-electron chi connectivity index (χ0n) is 21.9. The highest BCUT2D eigenvalue weighted by Gasteiger charge is 2.28. The van der Waals surface area contributed by atoms with E-state index in [2.05, 4.69) is 52.6 Å². The van der Waals surface area contributed by atoms with Crippen molar-refractivity contribution in [2.75, 3.05) is 6.61 Å². The fourth-order valence-electron chi connectivity index (χ4n) is 3.62. The van der Waals surface area contributed by atoms with E-state index in [0.717, 1.165) is 16.7 Å². The summed E-state index contributed by atoms with van der Waals surface area (Å²) in [5.74, 6) is -9.26. The second-order valence-electron chi connectivity index (χ2n) is 10.6. The molecule has 0 spiro atoms. The van der Waals surface area contributed by atoms with Gasteiger partial charge >= 0.3 is 0 Å². The van der Waals surface area contributed by atoms with Gasteiger partial charge in [-0.25, -0.2) is 22.0 Å². The summed E-state index contributed by atoms with van der Waals surface area (Å²) >= 11 is 0.427. The quantitative estimate of drug-likeness (QED) is 0.136. The van der Waals surface area contributed by atoms with Gasteiger partial charge in [-0.3, -0.25) is 4.99 Å². The van der Waals surface area contributed by atoms with Crippen LogP contribution in [0.2, 0.25) is 0 Å². The second-order valence-corrected chi connectivity index (χ2v) is 11.7. The molecule has 0 N–H and O–H groups in total. The van der Waals surface area contributed by atoms with Crippen molar-refractivity contribution in [1.82, 2.24) is 0 Å². The second kappa shape index (κ2) is 10.9. The fraction of sp³-hybridized carbons (Fsp3) is 0.345. The number of nitrogens with zero attached hydrogens (tertiary/aromatic N) is 1. The molecule has 0 amide bonds. The highest BCUT2D eigenvalue weighted by Crippen LogP contribution is 2.41. The van der Waals surface area contributed by atoms with E-state index in [1.807, 2.05) is 13.0 Å². The van der Waals surface area contributed by atoms with E-state index in [0.29, 0.717) is 29.8 Å². The summed E-state index contributed by atoms with van der Waals surface area (Å²) in [5, 5.41) is 0. The molecule has 0 saturated heterocycles. The summed E-state index contributed by atoms with van der Waals surface area (Å²) < 4.78 is 75.6. The van der Waals surface area contributed by atoms with E-state index in [1.165, 1.54) is 6.07 Å². The number of aliphatic imine (C=N–C) groups is 1. The molecule has 3 rings (SSSR count). The Labute approximate surface area is 219 Å². The predicted molar refractivity (Wildman–Crippen MR) is 139 cm³/mol. The summed E-state index contributed by atoms with van der Waals surface area (Å²) in [7, 11) is 0. The summed E-state index contributed by atoms with van der Waals surface area (Å²) in [4.78, 5) is 3.79. The summed E-state index contributed by atoms with van der Waals surface area (Å²) in [5.41, 5.74) is 2.71. The van der Waals surface area contributed by atoms with E-state index in [1.54, 1.807) is 24.4 Å². The fourth-order valence-corrected chi connectivity index (χ4v) is 4.57. The Morgan fingerprint density at radius 3 is 1.92 bits per heavy atom. The van der Waals surface area contributed by atoms with E-state index in [4.69, 9.17) is 4.74 Å². The molecule has 0 saturated carbocycles. The largest absolute Gasteiger partial charge is 0.493 e. The van der Waals surface area contributed by atoms with Crippen molar-refractivity contribution >= 4 is 23.7 Å². The lowest BCUT2D eigenvalue weighted by Crippen LogP contribution is -2.19. The van der Waals surface area contributed by atoms with Gasteiger partial charge < -0.3 is 4.74 Å². The van der Waals surface area contributed by atoms with Crippen LogP contribution in [0.1, 0.15) is 65.2 Å². The molecule has 3 aromatic rings. The maximum atomic E-state index is 14.3. The minimum atomic E-state index is -2.19. The molecule has 0 fully saturated rings. The first-order valence-corrected chi connectivity index (χ1v) is 12.6. The first-order chi connectivity index (χ1) is 17.2. The maximum absolute atomic E-state index is 14.3. The van der Waals surface area contributed by atoms with Crippen LogP contribution in [0.4, 0.5) is 27.6 Å². The van der Waals surface area contributed by atoms with Crippen molar-refractivity contribution in [3.8, 4) is 5.75 Å². The van der Waals surface area contributed by atoms with Gasteiger partial charge in [0, 0.05) is 22.2 Å². The van der Waals surface area contributed by atoms with Gasteiger partial charge in [0.1, 0.15) is 5.75 Å². The van der Waals surface area contributed by atoms with Gasteiger partial charge in [-0.15, -0.1) is 0 Å². The maximum Gasteiger partial charge on any atom is 0.200 e. The lowest BCUT2D eigenvalue weighted by Gasteiger charge is -2.28. The Balaban J connectivity index is 2.14. The Morgan fingerprint density at radius 2 is 1.38 bits per heavy atom. The zero-order chi connectivity index (χ0) is 27.7. The molecule has 0 atom stereocenters. The molecule has 0 unspecified atom stereocenters. The number of ether oxygens (including phenoxy) is 1. The van der Waals surface area contributed by atoms with E-state index in [-0.39, 0.29) is 15.7 Å². The lowest BCUT2D eigenvalue weighted by atomic mass is 9.79. The minimum absolute atomic E-state index is 0.160. The monoisotopic (exact) mass is 535 g/mol. The number of benzene rings is 3. The highest BCUT2D eigenvalue weighted by molar-refractivity contribution is 7.99. The normalized spacial score (nSPS) is 12.4. The van der Waals surface area contributed by atoms with E-state index in [9.17, 15) is 22.0 Å². The third kappa shape index (κ3) is 6.17. The van der Waals surface area contributed by atoms with Gasteiger partial charge in [-0.05, 0) is 41.5 Å². The third-order valence-electron chi connectivity index (χ3n) is 5.67. The Kier molecular flexibility index (Phi) is 8.42. The van der Waals surface area contributed by atoms with E-state index >= 15 is 0 Å². The number of rotatable bonds is 6. The van der Waals surface area contributed by atoms with Gasteiger partial charge in [0.25, 0.3) is 0 Å². The van der Waals surface area contributed by atoms with Crippen molar-refractivity contribution in [1.29, 1.82) is 0 Å². The topological polar surface area (TPSA) is 21.6 Å². The first-order valence-electron chi connectivity index (χ1n) is 11.8. The van der Waals surface area contributed by atoms with Crippen molar-refractivity contribution in [2.24, 2.45) is 4.99 Å². The molecule has 0 radical (unpaired) electrons. The minimum Gasteiger partial charge on any atom is -0.493 e. The van der Waals surface area contributed by atoms with Crippen LogP contribution in [0.15, 0.2) is 51.2 Å². The zero-order valence-corrected chi connectivity index (χ0v) is 22.7. The van der Waals surface area contributed by atoms with Gasteiger partial charge in [-0.2, -0.15) is 0 Å². The van der Waals surface area contributed by atoms with Crippen molar-refractivity contribution < 1.29 is 26.7 Å². The molecule has 0 bridgehead atoms. The molecule has 0 aromatic heterocycles. The van der Waals surface area contributed by atoms with Gasteiger partial charge in [0.15, 0.2) is 23.3 Å². The summed E-state index contributed by atoms with van der Waals surface area (Å²) in [6.07, 6.45) is 1.60.